The number of aromatic nitrogens is 3. The average Bonchev–Trinajstić information content (AvgIpc) is 3.88. The normalized spacial score (nSPS) is 26.4. The molecule has 284 valence electrons. The molecule has 14 nitrogen and oxygen atoms in total. The number of carbonyl (C=O) groups is 3. The van der Waals surface area contributed by atoms with Crippen LogP contribution in [-0.4, -0.2) is 101 Å². The summed E-state index contributed by atoms with van der Waals surface area (Å²) >= 11 is 8.02. The summed E-state index contributed by atoms with van der Waals surface area (Å²) in [6.07, 6.45) is 6.70. The molecule has 17 heteroatoms. The molecule has 4 aliphatic rings. The van der Waals surface area contributed by atoms with Crippen LogP contribution in [0.2, 0.25) is 5.02 Å². The van der Waals surface area contributed by atoms with Gasteiger partial charge >= 0.3 is 6.03 Å². The quantitative estimate of drug-likeness (QED) is 0.295. The molecule has 2 aliphatic heterocycles. The van der Waals surface area contributed by atoms with Crippen molar-refractivity contribution in [2.45, 2.75) is 94.1 Å². The number of rotatable bonds is 8. The van der Waals surface area contributed by atoms with Gasteiger partial charge in [-0.2, -0.15) is 4.98 Å². The van der Waals surface area contributed by atoms with Gasteiger partial charge in [0, 0.05) is 37.2 Å². The third kappa shape index (κ3) is 7.17. The molecular weight excluding hydrogens is 742 g/mol. The van der Waals surface area contributed by atoms with Crippen LogP contribution >= 0.6 is 22.9 Å². The van der Waals surface area contributed by atoms with Crippen molar-refractivity contribution < 1.29 is 32.3 Å². The van der Waals surface area contributed by atoms with E-state index < -0.39 is 50.3 Å². The molecule has 4 heterocycles. The maximum absolute atomic E-state index is 14.2. The van der Waals surface area contributed by atoms with Crippen molar-refractivity contribution >= 4 is 61.7 Å². The topological polar surface area (TPSA) is 173 Å². The smallest absolute Gasteiger partial charge is 0.319 e. The number of hydrogen-bond acceptors (Lipinski definition) is 11. The zero-order valence-corrected chi connectivity index (χ0v) is 32.7. The van der Waals surface area contributed by atoms with Crippen molar-refractivity contribution in [3.05, 3.63) is 39.7 Å². The molecule has 2 aliphatic carbocycles. The highest BCUT2D eigenvalue weighted by atomic mass is 35.5. The van der Waals surface area contributed by atoms with Gasteiger partial charge in [-0.1, -0.05) is 37.6 Å². The minimum Gasteiger partial charge on any atom is -0.495 e. The van der Waals surface area contributed by atoms with Crippen LogP contribution in [0.15, 0.2) is 29.7 Å². The lowest BCUT2D eigenvalue weighted by molar-refractivity contribution is -0.134. The fraction of sp³-hybridized carbons (Fsp3) is 0.556. The van der Waals surface area contributed by atoms with E-state index >= 15 is 0 Å². The van der Waals surface area contributed by atoms with Gasteiger partial charge in [-0.05, 0) is 57.6 Å². The Balaban J connectivity index is 1.21. The Morgan fingerprint density at radius 1 is 1.17 bits per heavy atom. The van der Waals surface area contributed by atoms with Crippen LogP contribution in [0.4, 0.5) is 4.79 Å². The second-order valence-electron chi connectivity index (χ2n) is 15.0. The van der Waals surface area contributed by atoms with E-state index in [2.05, 4.69) is 23.9 Å². The predicted molar refractivity (Wildman–Crippen MR) is 201 cm³/mol. The molecular formula is C36H44ClN7O7S2. The largest absolute Gasteiger partial charge is 0.495 e. The van der Waals surface area contributed by atoms with Crippen LogP contribution in [0.3, 0.4) is 0 Å². The molecule has 3 fully saturated rings. The monoisotopic (exact) mass is 785 g/mol. The predicted octanol–water partition coefficient (Wildman–Crippen LogP) is 5.03. The third-order valence-corrected chi connectivity index (χ3v) is 14.3. The van der Waals surface area contributed by atoms with Crippen LogP contribution in [0, 0.1) is 5.92 Å². The highest BCUT2D eigenvalue weighted by Crippen LogP contribution is 2.47. The molecule has 2 saturated carbocycles. The minimum atomic E-state index is -3.96. The molecule has 0 unspecified atom stereocenters. The van der Waals surface area contributed by atoms with Gasteiger partial charge in [0.2, 0.25) is 21.8 Å². The number of nitrogens with zero attached hydrogens (tertiary/aromatic N) is 5. The molecule has 4 atom stereocenters. The van der Waals surface area contributed by atoms with Gasteiger partial charge in [-0.15, -0.1) is 11.3 Å². The zero-order chi connectivity index (χ0) is 37.9. The van der Waals surface area contributed by atoms with Crippen molar-refractivity contribution in [3.63, 3.8) is 0 Å². The molecule has 7 rings (SSSR count). The average molecular weight is 786 g/mol. The Bertz CT molecular complexity index is 2100. The first-order valence-corrected chi connectivity index (χ1v) is 20.6. The number of fused-ring (bicyclic) bond motifs is 3. The zero-order valence-electron chi connectivity index (χ0n) is 30.3. The Labute approximate surface area is 317 Å². The highest BCUT2D eigenvalue weighted by molar-refractivity contribution is 7.91. The second kappa shape index (κ2) is 14.0. The van der Waals surface area contributed by atoms with E-state index in [1.54, 1.807) is 31.0 Å². The number of halogens is 1. The number of urea groups is 1. The fourth-order valence-corrected chi connectivity index (χ4v) is 9.24. The van der Waals surface area contributed by atoms with Crippen LogP contribution in [0.5, 0.6) is 11.6 Å². The van der Waals surface area contributed by atoms with Gasteiger partial charge in [-0.3, -0.25) is 14.3 Å². The summed E-state index contributed by atoms with van der Waals surface area (Å²) in [7, 11) is -0.744. The van der Waals surface area contributed by atoms with Crippen molar-refractivity contribution in [1.82, 2.24) is 34.8 Å². The maximum atomic E-state index is 14.2. The van der Waals surface area contributed by atoms with Crippen molar-refractivity contribution in [2.75, 3.05) is 27.2 Å². The standard InChI is InChI=1S/C36H44ClN7O7S2/c1-20(2)31-39-26(19-52-31)29-38-25-16-24(37)28(50-5)15-23(25)30(40-29)51-22-14-27-32(45)43(4)13-9-7-6-8-10-21-17-36(21,41-34(47)44(27)18-22)33(46)42-53(48,49)35(3)11-12-35/h8,10,15-16,19-22,27H,6-7,9,11-14,17-18H2,1-5H3,(H,41,47)(H,42,46)/b10-8-/t21-,22+,27+,36-/m1/s1. The van der Waals surface area contributed by atoms with E-state index in [9.17, 15) is 22.8 Å². The first-order valence-electron chi connectivity index (χ1n) is 17.9. The first-order chi connectivity index (χ1) is 25.1. The Kier molecular flexibility index (Phi) is 9.85. The van der Waals surface area contributed by atoms with Crippen LogP contribution in [0.25, 0.3) is 22.4 Å². The van der Waals surface area contributed by atoms with Gasteiger partial charge in [0.1, 0.15) is 29.1 Å². The molecule has 3 aromatic rings. The molecule has 53 heavy (non-hydrogen) atoms. The molecule has 2 N–H and O–H groups in total. The van der Waals surface area contributed by atoms with Crippen LogP contribution in [-0.2, 0) is 19.6 Å². The van der Waals surface area contributed by atoms with Crippen molar-refractivity contribution in [1.29, 1.82) is 0 Å². The Morgan fingerprint density at radius 2 is 1.94 bits per heavy atom. The summed E-state index contributed by atoms with van der Waals surface area (Å²) in [5, 5.41) is 6.55. The number of carbonyl (C=O) groups excluding carboxylic acids is 3. The van der Waals surface area contributed by atoms with E-state index in [0.29, 0.717) is 52.6 Å². The van der Waals surface area contributed by atoms with E-state index in [-0.39, 0.29) is 37.1 Å². The number of methoxy groups -OCH3 is 1. The number of amides is 4. The lowest BCUT2D eigenvalue weighted by Gasteiger charge is -2.30. The summed E-state index contributed by atoms with van der Waals surface area (Å²) in [6, 6.07) is 1.78. The lowest BCUT2D eigenvalue weighted by atomic mass is 10.1. The molecule has 2 aromatic heterocycles. The number of ether oxygens (including phenoxy) is 2. The summed E-state index contributed by atoms with van der Waals surface area (Å²) in [6.45, 7) is 6.20. The van der Waals surface area contributed by atoms with E-state index in [4.69, 9.17) is 36.0 Å². The maximum Gasteiger partial charge on any atom is 0.319 e. The molecule has 1 aromatic carbocycles. The summed E-state index contributed by atoms with van der Waals surface area (Å²) < 4.78 is 39.5. The molecule has 0 spiro atoms. The van der Waals surface area contributed by atoms with Gasteiger partial charge in [0.05, 0.1) is 39.3 Å². The molecule has 0 bridgehead atoms. The number of likely N-dealkylation sites (N-methyl/N-ethyl adjacent to an activating group) is 1. The van der Waals surface area contributed by atoms with Gasteiger partial charge in [0.15, 0.2) is 5.82 Å². The number of thiazole rings is 1. The minimum absolute atomic E-state index is 0.00952. The van der Waals surface area contributed by atoms with E-state index in [1.165, 1.54) is 23.3 Å². The molecule has 4 amide bonds. The number of hydrogen-bond donors (Lipinski definition) is 2. The second-order valence-corrected chi connectivity index (χ2v) is 18.5. The van der Waals surface area contributed by atoms with Crippen molar-refractivity contribution in [2.24, 2.45) is 5.92 Å². The number of sulfonamides is 1. The summed E-state index contributed by atoms with van der Waals surface area (Å²) in [4.78, 5) is 59.2. The molecule has 0 radical (unpaired) electrons. The number of allylic oxidation sites excluding steroid dienone is 1. The van der Waals surface area contributed by atoms with Crippen LogP contribution in [0.1, 0.15) is 76.6 Å². The van der Waals surface area contributed by atoms with Crippen LogP contribution < -0.4 is 19.5 Å². The van der Waals surface area contributed by atoms with E-state index in [0.717, 1.165) is 24.3 Å². The van der Waals surface area contributed by atoms with Gasteiger partial charge in [-0.25, -0.2) is 23.2 Å². The summed E-state index contributed by atoms with van der Waals surface area (Å²) in [5.41, 5.74) is -0.410. The highest BCUT2D eigenvalue weighted by Gasteiger charge is 2.63. The summed E-state index contributed by atoms with van der Waals surface area (Å²) in [5.74, 6) is -0.301. The van der Waals surface area contributed by atoms with Crippen molar-refractivity contribution in [3.8, 4) is 23.1 Å². The van der Waals surface area contributed by atoms with Gasteiger partial charge < -0.3 is 24.6 Å². The third-order valence-electron chi connectivity index (χ3n) is 10.7. The first kappa shape index (κ1) is 37.3. The SMILES string of the molecule is COc1cc2c(O[C@H]3C[C@H]4C(=O)N(C)CCCC/C=C\[C@@H]5C[C@@]5(C(=O)NS(=O)(=O)C5(C)CC5)NC(=O)N4C3)nc(-c3csc(C(C)C)n3)nc2cc1Cl. The van der Waals surface area contributed by atoms with E-state index in [1.807, 2.05) is 17.5 Å². The Morgan fingerprint density at radius 3 is 2.64 bits per heavy atom. The number of benzene rings is 1. The fourth-order valence-electron chi connectivity index (χ4n) is 6.88. The van der Waals surface area contributed by atoms with Gasteiger partial charge in [0.25, 0.3) is 5.91 Å². The molecule has 1 saturated heterocycles. The number of nitrogens with one attached hydrogen (secondary N) is 2. The Hall–Kier alpha value is -4.02. The lowest BCUT2D eigenvalue weighted by Crippen LogP contribution is -2.58.